The van der Waals surface area contributed by atoms with Crippen molar-refractivity contribution in [2.75, 3.05) is 19.5 Å². The third kappa shape index (κ3) is 3.73. The average molecular weight is 433 g/mol. The molecule has 1 aromatic heterocycles. The second-order valence-electron chi connectivity index (χ2n) is 5.43. The van der Waals surface area contributed by atoms with E-state index in [1.54, 1.807) is 20.3 Å². The first-order valence-corrected chi connectivity index (χ1v) is 9.40. The average Bonchev–Trinajstić information content (AvgIpc) is 3.01. The minimum Gasteiger partial charge on any atom is -0.493 e. The Balaban J connectivity index is 1.88. The van der Waals surface area contributed by atoms with E-state index in [2.05, 4.69) is 26.2 Å². The molecule has 0 spiro atoms. The summed E-state index contributed by atoms with van der Waals surface area (Å²) in [6.45, 7) is 1.97. The molecular formula is C19H17BrN2O3S. The number of rotatable bonds is 5. The van der Waals surface area contributed by atoms with Gasteiger partial charge in [0.25, 0.3) is 5.91 Å². The first kappa shape index (κ1) is 18.4. The molecule has 5 nitrogen and oxygen atoms in total. The Kier molecular flexibility index (Phi) is 5.58. The van der Waals surface area contributed by atoms with Gasteiger partial charge in [0.2, 0.25) is 0 Å². The number of aromatic nitrogens is 1. The lowest BCUT2D eigenvalue weighted by Gasteiger charge is -2.08. The molecule has 0 aliphatic heterocycles. The highest BCUT2D eigenvalue weighted by molar-refractivity contribution is 9.10. The van der Waals surface area contributed by atoms with Crippen LogP contribution >= 0.6 is 27.3 Å². The van der Waals surface area contributed by atoms with E-state index in [9.17, 15) is 4.79 Å². The number of ether oxygens (including phenoxy) is 2. The van der Waals surface area contributed by atoms with E-state index in [0.717, 1.165) is 20.6 Å². The molecule has 26 heavy (non-hydrogen) atoms. The van der Waals surface area contributed by atoms with E-state index in [4.69, 9.17) is 9.47 Å². The van der Waals surface area contributed by atoms with Gasteiger partial charge in [-0.3, -0.25) is 10.1 Å². The molecule has 0 aliphatic carbocycles. The van der Waals surface area contributed by atoms with E-state index >= 15 is 0 Å². The van der Waals surface area contributed by atoms with Crippen molar-refractivity contribution < 1.29 is 14.3 Å². The van der Waals surface area contributed by atoms with Crippen molar-refractivity contribution in [2.45, 2.75) is 6.92 Å². The number of benzene rings is 2. The van der Waals surface area contributed by atoms with Crippen LogP contribution < -0.4 is 14.8 Å². The van der Waals surface area contributed by atoms with Gasteiger partial charge in [-0.15, -0.1) is 11.3 Å². The third-order valence-corrected chi connectivity index (χ3v) is 5.37. The fourth-order valence-electron chi connectivity index (χ4n) is 2.51. The molecule has 1 amide bonds. The van der Waals surface area contributed by atoms with Crippen LogP contribution in [0.1, 0.15) is 15.2 Å². The van der Waals surface area contributed by atoms with Gasteiger partial charge in [-0.25, -0.2) is 4.98 Å². The second-order valence-corrected chi connectivity index (χ2v) is 7.49. The minimum absolute atomic E-state index is 0.204. The van der Waals surface area contributed by atoms with Gasteiger partial charge in [0.15, 0.2) is 16.6 Å². The monoisotopic (exact) mass is 432 g/mol. The highest BCUT2D eigenvalue weighted by Gasteiger charge is 2.16. The maximum Gasteiger partial charge on any atom is 0.258 e. The van der Waals surface area contributed by atoms with Gasteiger partial charge >= 0.3 is 0 Å². The van der Waals surface area contributed by atoms with Crippen LogP contribution in [0.3, 0.4) is 0 Å². The van der Waals surface area contributed by atoms with Crippen molar-refractivity contribution in [3.8, 4) is 22.8 Å². The van der Waals surface area contributed by atoms with Crippen LogP contribution in [0.4, 0.5) is 5.13 Å². The van der Waals surface area contributed by atoms with E-state index in [0.29, 0.717) is 22.2 Å². The number of aryl methyl sites for hydroxylation is 1. The summed E-state index contributed by atoms with van der Waals surface area (Å²) in [5, 5.41) is 3.41. The predicted molar refractivity (Wildman–Crippen MR) is 107 cm³/mol. The molecule has 0 bridgehead atoms. The van der Waals surface area contributed by atoms with Gasteiger partial charge in [-0.2, -0.15) is 0 Å². The van der Waals surface area contributed by atoms with Crippen LogP contribution in [0, 0.1) is 6.92 Å². The molecule has 0 fully saturated rings. The highest BCUT2D eigenvalue weighted by Crippen LogP contribution is 2.36. The summed E-state index contributed by atoms with van der Waals surface area (Å²) in [7, 11) is 3.19. The number of carbonyl (C=O) groups is 1. The lowest BCUT2D eigenvalue weighted by Crippen LogP contribution is -2.12. The van der Waals surface area contributed by atoms with Crippen LogP contribution in [0.25, 0.3) is 11.3 Å². The molecule has 1 N–H and O–H groups in total. The number of nitrogens with zero attached hydrogens (tertiary/aromatic N) is 1. The van der Waals surface area contributed by atoms with Gasteiger partial charge in [0.05, 0.1) is 25.5 Å². The molecular weight excluding hydrogens is 416 g/mol. The zero-order chi connectivity index (χ0) is 18.7. The number of anilines is 1. The number of methoxy groups -OCH3 is 2. The number of hydrogen-bond acceptors (Lipinski definition) is 5. The summed E-state index contributed by atoms with van der Waals surface area (Å²) in [5.74, 6) is 1.09. The van der Waals surface area contributed by atoms with E-state index < -0.39 is 0 Å². The molecule has 0 radical (unpaired) electrons. The quantitative estimate of drug-likeness (QED) is 0.605. The Labute approximate surface area is 164 Å². The maximum atomic E-state index is 12.5. The Morgan fingerprint density at radius 3 is 2.54 bits per heavy atom. The molecule has 3 aromatic rings. The summed E-state index contributed by atoms with van der Waals surface area (Å²) in [6.07, 6.45) is 0. The molecule has 0 saturated heterocycles. The minimum atomic E-state index is -0.204. The Hall–Kier alpha value is -2.38. The van der Waals surface area contributed by atoms with Gasteiger partial charge in [0.1, 0.15) is 0 Å². The van der Waals surface area contributed by atoms with Gasteiger partial charge < -0.3 is 9.47 Å². The van der Waals surface area contributed by atoms with E-state index in [1.165, 1.54) is 11.3 Å². The van der Waals surface area contributed by atoms with Gasteiger partial charge in [-0.1, -0.05) is 12.1 Å². The van der Waals surface area contributed by atoms with Crippen LogP contribution in [0.15, 0.2) is 46.9 Å². The number of halogens is 1. The number of hydrogen-bond donors (Lipinski definition) is 1. The molecule has 0 atom stereocenters. The lowest BCUT2D eigenvalue weighted by molar-refractivity contribution is 0.102. The fourth-order valence-corrected chi connectivity index (χ4v) is 3.81. The Morgan fingerprint density at radius 2 is 1.85 bits per heavy atom. The normalized spacial score (nSPS) is 10.5. The Bertz CT molecular complexity index is 956. The van der Waals surface area contributed by atoms with Crippen LogP contribution in [0.5, 0.6) is 11.5 Å². The van der Waals surface area contributed by atoms with Crippen molar-refractivity contribution in [2.24, 2.45) is 0 Å². The smallest absolute Gasteiger partial charge is 0.258 e. The Morgan fingerprint density at radius 1 is 1.12 bits per heavy atom. The van der Waals surface area contributed by atoms with Crippen molar-refractivity contribution in [1.29, 1.82) is 0 Å². The van der Waals surface area contributed by atoms with E-state index in [-0.39, 0.29) is 5.91 Å². The fraction of sp³-hybridized carbons (Fsp3) is 0.158. The van der Waals surface area contributed by atoms with Gasteiger partial charge in [0, 0.05) is 14.9 Å². The number of thiazole rings is 1. The van der Waals surface area contributed by atoms with E-state index in [1.807, 2.05) is 43.3 Å². The molecule has 7 heteroatoms. The first-order valence-electron chi connectivity index (χ1n) is 7.79. The molecule has 2 aromatic carbocycles. The summed E-state index contributed by atoms with van der Waals surface area (Å²) >= 11 is 4.82. The van der Waals surface area contributed by atoms with Crippen molar-refractivity contribution in [1.82, 2.24) is 4.98 Å². The molecule has 0 unspecified atom stereocenters. The second kappa shape index (κ2) is 7.88. The molecule has 134 valence electrons. The largest absolute Gasteiger partial charge is 0.493 e. The van der Waals surface area contributed by atoms with Crippen molar-refractivity contribution >= 4 is 38.3 Å². The summed E-state index contributed by atoms with van der Waals surface area (Å²) in [4.78, 5) is 18.0. The van der Waals surface area contributed by atoms with Crippen LogP contribution in [-0.4, -0.2) is 25.1 Å². The van der Waals surface area contributed by atoms with Gasteiger partial charge in [-0.05, 0) is 53.2 Å². The van der Waals surface area contributed by atoms with Crippen molar-refractivity contribution in [3.05, 3.63) is 57.4 Å². The molecule has 0 saturated carbocycles. The molecule has 0 aliphatic rings. The third-order valence-electron chi connectivity index (χ3n) is 3.79. The van der Waals surface area contributed by atoms with Crippen LogP contribution in [0.2, 0.25) is 0 Å². The number of amides is 1. The maximum absolute atomic E-state index is 12.5. The summed E-state index contributed by atoms with van der Waals surface area (Å²) in [6, 6.07) is 12.9. The predicted octanol–water partition coefficient (Wildman–Crippen LogP) is 5.15. The summed E-state index contributed by atoms with van der Waals surface area (Å²) in [5.41, 5.74) is 2.27. The van der Waals surface area contributed by atoms with Crippen molar-refractivity contribution in [3.63, 3.8) is 0 Å². The SMILES string of the molecule is COc1ccc(-c2nc(NC(=O)c3ccccc3Br)sc2C)cc1OC. The first-order chi connectivity index (χ1) is 12.5. The molecule has 1 heterocycles. The number of nitrogens with one attached hydrogen (secondary N) is 1. The highest BCUT2D eigenvalue weighted by atomic mass is 79.9. The number of carbonyl (C=O) groups excluding carboxylic acids is 1. The molecule has 3 rings (SSSR count). The standard InChI is InChI=1S/C19H17BrN2O3S/c1-11-17(12-8-9-15(24-2)16(10-12)25-3)21-19(26-11)22-18(23)13-6-4-5-7-14(13)20/h4-10H,1-3H3,(H,21,22,23). The lowest BCUT2D eigenvalue weighted by atomic mass is 10.1. The zero-order valence-corrected chi connectivity index (χ0v) is 16.9. The zero-order valence-electron chi connectivity index (χ0n) is 14.5. The topological polar surface area (TPSA) is 60.5 Å². The van der Waals surface area contributed by atoms with Crippen LogP contribution in [-0.2, 0) is 0 Å². The summed E-state index contributed by atoms with van der Waals surface area (Å²) < 4.78 is 11.4.